The quantitative estimate of drug-likeness (QED) is 0.779. The molecule has 0 heterocycles. The number of ketones is 1. The lowest BCUT2D eigenvalue weighted by molar-refractivity contribution is 0.0919. The molecular formula is C18H19FO2. The second-order valence-electron chi connectivity index (χ2n) is 5.97. The van der Waals surface area contributed by atoms with Gasteiger partial charge in [-0.15, -0.1) is 0 Å². The largest absolute Gasteiger partial charge is 0.485 e. The van der Waals surface area contributed by atoms with Crippen LogP contribution >= 0.6 is 0 Å². The molecule has 0 saturated heterocycles. The average Bonchev–Trinajstić information content (AvgIpc) is 2.44. The average molecular weight is 286 g/mol. The van der Waals surface area contributed by atoms with E-state index in [1.54, 1.807) is 6.07 Å². The SMILES string of the molecule is CC(C)(C)c1ccccc1OCC(=O)c1cccc(F)c1. The maximum Gasteiger partial charge on any atom is 0.200 e. The number of hydrogen-bond donors (Lipinski definition) is 0. The lowest BCUT2D eigenvalue weighted by Crippen LogP contribution is -2.17. The molecule has 0 aromatic heterocycles. The van der Waals surface area contributed by atoms with Crippen LogP contribution in [-0.2, 0) is 5.41 Å². The predicted molar refractivity (Wildman–Crippen MR) is 81.4 cm³/mol. The first kappa shape index (κ1) is 15.2. The summed E-state index contributed by atoms with van der Waals surface area (Å²) in [7, 11) is 0. The van der Waals surface area contributed by atoms with E-state index in [0.717, 1.165) is 5.56 Å². The summed E-state index contributed by atoms with van der Waals surface area (Å²) < 4.78 is 18.8. The molecule has 2 rings (SSSR count). The molecule has 0 aliphatic heterocycles. The monoisotopic (exact) mass is 286 g/mol. The van der Waals surface area contributed by atoms with Crippen molar-refractivity contribution in [3.8, 4) is 5.75 Å². The van der Waals surface area contributed by atoms with E-state index >= 15 is 0 Å². The van der Waals surface area contributed by atoms with Crippen molar-refractivity contribution in [1.29, 1.82) is 0 Å². The van der Waals surface area contributed by atoms with Crippen molar-refractivity contribution in [2.24, 2.45) is 0 Å². The Labute approximate surface area is 124 Å². The molecule has 0 atom stereocenters. The number of Topliss-reactive ketones (excluding diaryl/α,β-unsaturated/α-hetero) is 1. The molecule has 2 nitrogen and oxygen atoms in total. The summed E-state index contributed by atoms with van der Waals surface area (Å²) in [4.78, 5) is 12.0. The van der Waals surface area contributed by atoms with E-state index in [1.807, 2.05) is 24.3 Å². The van der Waals surface area contributed by atoms with E-state index in [1.165, 1.54) is 18.2 Å². The Morgan fingerprint density at radius 1 is 1.10 bits per heavy atom. The van der Waals surface area contributed by atoms with Crippen LogP contribution in [0.2, 0.25) is 0 Å². The zero-order valence-corrected chi connectivity index (χ0v) is 12.5. The minimum atomic E-state index is -0.420. The van der Waals surface area contributed by atoms with Crippen LogP contribution in [0, 0.1) is 5.82 Å². The van der Waals surface area contributed by atoms with Gasteiger partial charge in [-0.1, -0.05) is 51.1 Å². The molecule has 0 amide bonds. The first-order valence-electron chi connectivity index (χ1n) is 6.89. The van der Waals surface area contributed by atoms with Crippen LogP contribution in [0.25, 0.3) is 0 Å². The van der Waals surface area contributed by atoms with Crippen molar-refractivity contribution >= 4 is 5.78 Å². The van der Waals surface area contributed by atoms with Gasteiger partial charge in [0.1, 0.15) is 11.6 Å². The third-order valence-corrected chi connectivity index (χ3v) is 3.20. The van der Waals surface area contributed by atoms with E-state index in [2.05, 4.69) is 20.8 Å². The first-order chi connectivity index (χ1) is 9.88. The fourth-order valence-corrected chi connectivity index (χ4v) is 2.10. The molecule has 0 saturated carbocycles. The van der Waals surface area contributed by atoms with Gasteiger partial charge in [0.2, 0.25) is 0 Å². The standard InChI is InChI=1S/C18H19FO2/c1-18(2,3)15-9-4-5-10-17(15)21-12-16(20)13-7-6-8-14(19)11-13/h4-11H,12H2,1-3H3. The van der Waals surface area contributed by atoms with Crippen LogP contribution in [0.5, 0.6) is 5.75 Å². The Kier molecular flexibility index (Phi) is 4.41. The number of hydrogen-bond acceptors (Lipinski definition) is 2. The van der Waals surface area contributed by atoms with Crippen molar-refractivity contribution in [1.82, 2.24) is 0 Å². The van der Waals surface area contributed by atoms with Gasteiger partial charge in [0.05, 0.1) is 0 Å². The first-order valence-corrected chi connectivity index (χ1v) is 6.89. The van der Waals surface area contributed by atoms with Crippen LogP contribution in [0.3, 0.4) is 0 Å². The van der Waals surface area contributed by atoms with Gasteiger partial charge in [-0.05, 0) is 29.2 Å². The molecule has 0 radical (unpaired) electrons. The highest BCUT2D eigenvalue weighted by atomic mass is 19.1. The van der Waals surface area contributed by atoms with E-state index in [9.17, 15) is 9.18 Å². The molecule has 0 spiro atoms. The molecular weight excluding hydrogens is 267 g/mol. The van der Waals surface area contributed by atoms with Gasteiger partial charge < -0.3 is 4.74 Å². The van der Waals surface area contributed by atoms with Gasteiger partial charge >= 0.3 is 0 Å². The molecule has 0 bridgehead atoms. The number of carbonyl (C=O) groups excluding carboxylic acids is 1. The number of ether oxygens (including phenoxy) is 1. The van der Waals surface area contributed by atoms with E-state index in [0.29, 0.717) is 11.3 Å². The molecule has 0 fully saturated rings. The lowest BCUT2D eigenvalue weighted by Gasteiger charge is -2.22. The van der Waals surface area contributed by atoms with Crippen LogP contribution in [0.1, 0.15) is 36.7 Å². The summed E-state index contributed by atoms with van der Waals surface area (Å²) >= 11 is 0. The number of benzene rings is 2. The fraction of sp³-hybridized carbons (Fsp3) is 0.278. The maximum absolute atomic E-state index is 13.1. The zero-order valence-electron chi connectivity index (χ0n) is 12.5. The van der Waals surface area contributed by atoms with Crippen molar-refractivity contribution in [2.75, 3.05) is 6.61 Å². The molecule has 0 N–H and O–H groups in total. The maximum atomic E-state index is 13.1. The zero-order chi connectivity index (χ0) is 15.5. The molecule has 0 aliphatic carbocycles. The highest BCUT2D eigenvalue weighted by Gasteiger charge is 2.19. The topological polar surface area (TPSA) is 26.3 Å². The number of rotatable bonds is 4. The Bertz CT molecular complexity index is 642. The number of carbonyl (C=O) groups is 1. The summed E-state index contributed by atoms with van der Waals surface area (Å²) in [6, 6.07) is 13.3. The fourth-order valence-electron chi connectivity index (χ4n) is 2.10. The molecule has 2 aromatic carbocycles. The highest BCUT2D eigenvalue weighted by molar-refractivity contribution is 5.97. The number of halogens is 1. The normalized spacial score (nSPS) is 11.2. The molecule has 21 heavy (non-hydrogen) atoms. The Balaban J connectivity index is 2.12. The molecule has 2 aromatic rings. The van der Waals surface area contributed by atoms with Crippen molar-refractivity contribution < 1.29 is 13.9 Å². The van der Waals surface area contributed by atoms with E-state index in [4.69, 9.17) is 4.74 Å². The molecule has 3 heteroatoms. The van der Waals surface area contributed by atoms with Crippen LogP contribution < -0.4 is 4.74 Å². The molecule has 0 unspecified atom stereocenters. The van der Waals surface area contributed by atoms with Gasteiger partial charge in [0, 0.05) is 5.56 Å². The summed E-state index contributed by atoms with van der Waals surface area (Å²) in [6.07, 6.45) is 0. The van der Waals surface area contributed by atoms with Gasteiger partial charge in [-0.25, -0.2) is 4.39 Å². The second kappa shape index (κ2) is 6.08. The minimum absolute atomic E-state index is 0.0709. The summed E-state index contributed by atoms with van der Waals surface area (Å²) in [5, 5.41) is 0. The van der Waals surface area contributed by atoms with Crippen LogP contribution in [-0.4, -0.2) is 12.4 Å². The third kappa shape index (κ3) is 3.91. The van der Waals surface area contributed by atoms with Crippen LogP contribution in [0.4, 0.5) is 4.39 Å². The second-order valence-corrected chi connectivity index (χ2v) is 5.97. The van der Waals surface area contributed by atoms with Gasteiger partial charge in [0.25, 0.3) is 0 Å². The van der Waals surface area contributed by atoms with Gasteiger partial charge in [0.15, 0.2) is 12.4 Å². The Hall–Kier alpha value is -2.16. The summed E-state index contributed by atoms with van der Waals surface area (Å²) in [6.45, 7) is 6.16. The molecule has 110 valence electrons. The molecule has 0 aliphatic rings. The third-order valence-electron chi connectivity index (χ3n) is 3.20. The summed E-state index contributed by atoms with van der Waals surface area (Å²) in [5.41, 5.74) is 1.29. The van der Waals surface area contributed by atoms with E-state index < -0.39 is 5.82 Å². The van der Waals surface area contributed by atoms with Gasteiger partial charge in [-0.2, -0.15) is 0 Å². The lowest BCUT2D eigenvalue weighted by atomic mass is 9.86. The Morgan fingerprint density at radius 3 is 2.48 bits per heavy atom. The minimum Gasteiger partial charge on any atom is -0.485 e. The predicted octanol–water partition coefficient (Wildman–Crippen LogP) is 4.38. The van der Waals surface area contributed by atoms with Crippen molar-refractivity contribution in [3.63, 3.8) is 0 Å². The smallest absolute Gasteiger partial charge is 0.200 e. The van der Waals surface area contributed by atoms with Crippen molar-refractivity contribution in [2.45, 2.75) is 26.2 Å². The highest BCUT2D eigenvalue weighted by Crippen LogP contribution is 2.30. The Morgan fingerprint density at radius 2 is 1.81 bits per heavy atom. The van der Waals surface area contributed by atoms with Gasteiger partial charge in [-0.3, -0.25) is 4.79 Å². The van der Waals surface area contributed by atoms with E-state index in [-0.39, 0.29) is 17.8 Å². The van der Waals surface area contributed by atoms with Crippen molar-refractivity contribution in [3.05, 3.63) is 65.5 Å². The number of para-hydroxylation sites is 1. The summed E-state index contributed by atoms with van der Waals surface area (Å²) in [5.74, 6) is 0.0314. The van der Waals surface area contributed by atoms with Crippen LogP contribution in [0.15, 0.2) is 48.5 Å².